The van der Waals surface area contributed by atoms with Crippen LogP contribution in [0.1, 0.15) is 18.4 Å². The first-order valence-electron chi connectivity index (χ1n) is 5.80. The molecule has 0 heterocycles. The van der Waals surface area contributed by atoms with Crippen LogP contribution in [0.15, 0.2) is 24.3 Å². The summed E-state index contributed by atoms with van der Waals surface area (Å²) in [5.74, 6) is -0.0929. The average molecular weight is 235 g/mol. The second kappa shape index (κ2) is 5.19. The molecule has 2 rings (SSSR count). The number of carboxylic acids is 1. The molecule has 0 aromatic heterocycles. The molecule has 2 N–H and O–H groups in total. The van der Waals surface area contributed by atoms with Gasteiger partial charge in [-0.15, -0.1) is 0 Å². The van der Waals surface area contributed by atoms with Crippen LogP contribution in [-0.2, 0) is 11.3 Å². The van der Waals surface area contributed by atoms with Crippen LogP contribution < -0.4 is 10.1 Å². The molecule has 1 fully saturated rings. The van der Waals surface area contributed by atoms with Crippen molar-refractivity contribution in [2.24, 2.45) is 5.92 Å². The molecule has 0 amide bonds. The number of carboxylic acid groups (broad SMARTS) is 1. The van der Waals surface area contributed by atoms with E-state index in [0.717, 1.165) is 24.2 Å². The highest BCUT2D eigenvalue weighted by Crippen LogP contribution is 2.28. The lowest BCUT2D eigenvalue weighted by molar-refractivity contribution is -0.146. The van der Waals surface area contributed by atoms with Crippen molar-refractivity contribution in [1.29, 1.82) is 0 Å². The number of hydrogen-bond donors (Lipinski definition) is 2. The number of benzene rings is 1. The second-order valence-electron chi connectivity index (χ2n) is 4.32. The molecule has 1 aromatic carbocycles. The molecule has 1 aromatic rings. The molecule has 92 valence electrons. The number of ether oxygens (including phenoxy) is 1. The zero-order valence-electron chi connectivity index (χ0n) is 9.85. The predicted molar refractivity (Wildman–Crippen MR) is 64.0 cm³/mol. The number of hydrogen-bond acceptors (Lipinski definition) is 3. The van der Waals surface area contributed by atoms with Crippen molar-refractivity contribution in [2.75, 3.05) is 7.11 Å². The first-order chi connectivity index (χ1) is 8.22. The summed E-state index contributed by atoms with van der Waals surface area (Å²) in [6.45, 7) is 0.651. The molecule has 0 radical (unpaired) electrons. The van der Waals surface area contributed by atoms with E-state index in [1.54, 1.807) is 7.11 Å². The first-order valence-corrected chi connectivity index (χ1v) is 5.80. The summed E-state index contributed by atoms with van der Waals surface area (Å²) in [5.41, 5.74) is 1.06. The summed E-state index contributed by atoms with van der Waals surface area (Å²) in [6.07, 6.45) is 1.71. The standard InChI is InChI=1S/C13H17NO3/c1-17-12-5-3-2-4-9(12)8-14-11-7-6-10(11)13(15)16/h2-5,10-11,14H,6-8H2,1H3,(H,15,16). The molecule has 1 aliphatic carbocycles. The van der Waals surface area contributed by atoms with Crippen LogP contribution in [0.3, 0.4) is 0 Å². The van der Waals surface area contributed by atoms with Crippen molar-refractivity contribution < 1.29 is 14.6 Å². The Morgan fingerprint density at radius 3 is 2.82 bits per heavy atom. The van der Waals surface area contributed by atoms with Crippen molar-refractivity contribution in [2.45, 2.75) is 25.4 Å². The first kappa shape index (κ1) is 11.9. The SMILES string of the molecule is COc1ccccc1CNC1CCC1C(=O)O. The Morgan fingerprint density at radius 1 is 1.47 bits per heavy atom. The van der Waals surface area contributed by atoms with E-state index in [0.29, 0.717) is 6.54 Å². The molecular formula is C13H17NO3. The van der Waals surface area contributed by atoms with Gasteiger partial charge in [-0.05, 0) is 18.9 Å². The Labute approximate surface area is 101 Å². The molecule has 1 saturated carbocycles. The summed E-state index contributed by atoms with van der Waals surface area (Å²) < 4.78 is 5.25. The number of aliphatic carboxylic acids is 1. The molecule has 4 heteroatoms. The summed E-state index contributed by atoms with van der Waals surface area (Å²) in [5, 5.41) is 12.2. The number of nitrogens with one attached hydrogen (secondary N) is 1. The van der Waals surface area contributed by atoms with Gasteiger partial charge in [-0.25, -0.2) is 0 Å². The van der Waals surface area contributed by atoms with Crippen LogP contribution >= 0.6 is 0 Å². The molecule has 2 unspecified atom stereocenters. The fourth-order valence-corrected chi connectivity index (χ4v) is 2.13. The van der Waals surface area contributed by atoms with E-state index in [1.807, 2.05) is 24.3 Å². The van der Waals surface area contributed by atoms with Gasteiger partial charge in [0, 0.05) is 18.2 Å². The molecule has 17 heavy (non-hydrogen) atoms. The van der Waals surface area contributed by atoms with E-state index in [1.165, 1.54) is 0 Å². The van der Waals surface area contributed by atoms with Gasteiger partial charge in [-0.3, -0.25) is 4.79 Å². The molecule has 4 nitrogen and oxygen atoms in total. The molecule has 0 bridgehead atoms. The lowest BCUT2D eigenvalue weighted by atomic mass is 9.79. The van der Waals surface area contributed by atoms with Crippen LogP contribution in [-0.4, -0.2) is 24.2 Å². The van der Waals surface area contributed by atoms with Gasteiger partial charge in [-0.1, -0.05) is 18.2 Å². The largest absolute Gasteiger partial charge is 0.496 e. The fraction of sp³-hybridized carbons (Fsp3) is 0.462. The van der Waals surface area contributed by atoms with E-state index in [4.69, 9.17) is 9.84 Å². The maximum absolute atomic E-state index is 10.9. The maximum Gasteiger partial charge on any atom is 0.308 e. The predicted octanol–water partition coefficient (Wildman–Crippen LogP) is 1.65. The highest BCUT2D eigenvalue weighted by atomic mass is 16.5. The highest BCUT2D eigenvalue weighted by molar-refractivity contribution is 5.72. The number of methoxy groups -OCH3 is 1. The van der Waals surface area contributed by atoms with E-state index >= 15 is 0 Å². The Hall–Kier alpha value is -1.55. The summed E-state index contributed by atoms with van der Waals surface area (Å²) >= 11 is 0. The van der Waals surface area contributed by atoms with Crippen molar-refractivity contribution in [3.8, 4) is 5.75 Å². The van der Waals surface area contributed by atoms with Gasteiger partial charge >= 0.3 is 5.97 Å². The summed E-state index contributed by atoms with van der Waals surface area (Å²) in [4.78, 5) is 10.9. The normalized spacial score (nSPS) is 22.9. The van der Waals surface area contributed by atoms with Gasteiger partial charge in [0.2, 0.25) is 0 Å². The highest BCUT2D eigenvalue weighted by Gasteiger charge is 2.35. The van der Waals surface area contributed by atoms with E-state index < -0.39 is 5.97 Å². The summed E-state index contributed by atoms with van der Waals surface area (Å²) in [7, 11) is 1.64. The Morgan fingerprint density at radius 2 is 2.24 bits per heavy atom. The van der Waals surface area contributed by atoms with Crippen LogP contribution in [0.5, 0.6) is 5.75 Å². The minimum Gasteiger partial charge on any atom is -0.496 e. The van der Waals surface area contributed by atoms with Gasteiger partial charge in [0.25, 0.3) is 0 Å². The van der Waals surface area contributed by atoms with E-state index in [2.05, 4.69) is 5.32 Å². The number of para-hydroxylation sites is 1. The maximum atomic E-state index is 10.9. The lowest BCUT2D eigenvalue weighted by Crippen LogP contribution is -2.47. The molecule has 0 spiro atoms. The third kappa shape index (κ3) is 2.58. The van der Waals surface area contributed by atoms with Crippen LogP contribution in [0.25, 0.3) is 0 Å². The van der Waals surface area contributed by atoms with Crippen LogP contribution in [0.2, 0.25) is 0 Å². The van der Waals surface area contributed by atoms with Gasteiger partial charge in [0.1, 0.15) is 5.75 Å². The third-order valence-corrected chi connectivity index (χ3v) is 3.34. The summed E-state index contributed by atoms with van der Waals surface area (Å²) in [6, 6.07) is 7.87. The van der Waals surface area contributed by atoms with Gasteiger partial charge in [0.05, 0.1) is 13.0 Å². The molecular weight excluding hydrogens is 218 g/mol. The van der Waals surface area contributed by atoms with Gasteiger partial charge < -0.3 is 15.2 Å². The van der Waals surface area contributed by atoms with Crippen molar-refractivity contribution >= 4 is 5.97 Å². The minimum atomic E-state index is -0.700. The van der Waals surface area contributed by atoms with Gasteiger partial charge in [0.15, 0.2) is 0 Å². The quantitative estimate of drug-likeness (QED) is 0.814. The van der Waals surface area contributed by atoms with Crippen LogP contribution in [0, 0.1) is 5.92 Å². The van der Waals surface area contributed by atoms with Crippen molar-refractivity contribution in [3.63, 3.8) is 0 Å². The van der Waals surface area contributed by atoms with E-state index in [9.17, 15) is 4.79 Å². The molecule has 1 aliphatic rings. The topological polar surface area (TPSA) is 58.6 Å². The Kier molecular flexibility index (Phi) is 3.64. The lowest BCUT2D eigenvalue weighted by Gasteiger charge is -2.34. The Bertz CT molecular complexity index is 405. The zero-order chi connectivity index (χ0) is 12.3. The molecule has 0 saturated heterocycles. The van der Waals surface area contributed by atoms with Crippen molar-refractivity contribution in [3.05, 3.63) is 29.8 Å². The van der Waals surface area contributed by atoms with E-state index in [-0.39, 0.29) is 12.0 Å². The molecule has 2 atom stereocenters. The monoisotopic (exact) mass is 235 g/mol. The van der Waals surface area contributed by atoms with Gasteiger partial charge in [-0.2, -0.15) is 0 Å². The molecule has 0 aliphatic heterocycles. The van der Waals surface area contributed by atoms with Crippen molar-refractivity contribution in [1.82, 2.24) is 5.32 Å². The smallest absolute Gasteiger partial charge is 0.308 e. The van der Waals surface area contributed by atoms with Crippen LogP contribution in [0.4, 0.5) is 0 Å². The number of rotatable bonds is 5. The Balaban J connectivity index is 1.92. The second-order valence-corrected chi connectivity index (χ2v) is 4.32. The minimum absolute atomic E-state index is 0.0948. The number of carbonyl (C=O) groups is 1. The third-order valence-electron chi connectivity index (χ3n) is 3.34. The zero-order valence-corrected chi connectivity index (χ0v) is 9.85. The fourth-order valence-electron chi connectivity index (χ4n) is 2.13. The average Bonchev–Trinajstić information content (AvgIpc) is 2.27.